The minimum Gasteiger partial charge on any atom is -0.468 e. The molecule has 3 atom stereocenters. The van der Waals surface area contributed by atoms with Crippen molar-refractivity contribution in [3.8, 4) is 0 Å². The van der Waals surface area contributed by atoms with Crippen LogP contribution in [0.25, 0.3) is 0 Å². The van der Waals surface area contributed by atoms with Gasteiger partial charge in [0.05, 0.1) is 13.7 Å². The Bertz CT molecular complexity index is 679. The van der Waals surface area contributed by atoms with Crippen LogP contribution in [0.4, 0.5) is 4.79 Å². The number of nitrogens with one attached hydrogen (secondary N) is 2. The van der Waals surface area contributed by atoms with E-state index in [2.05, 4.69) is 10.6 Å². The Hall–Kier alpha value is -2.41. The lowest BCUT2D eigenvalue weighted by molar-refractivity contribution is -0.146. The number of rotatable bonds is 5. The number of esters is 1. The fraction of sp³-hybridized carbons (Fsp3) is 0.550. The Labute approximate surface area is 159 Å². The van der Waals surface area contributed by atoms with Crippen molar-refractivity contribution in [2.24, 2.45) is 5.92 Å². The third-order valence-electron chi connectivity index (χ3n) is 5.57. The molecule has 3 amide bonds. The molecule has 27 heavy (non-hydrogen) atoms. The van der Waals surface area contributed by atoms with Gasteiger partial charge in [-0.3, -0.25) is 19.8 Å². The van der Waals surface area contributed by atoms with Gasteiger partial charge in [-0.2, -0.15) is 0 Å². The summed E-state index contributed by atoms with van der Waals surface area (Å²) in [6.45, 7) is 0.374. The van der Waals surface area contributed by atoms with Crippen molar-refractivity contribution < 1.29 is 19.1 Å². The highest BCUT2D eigenvalue weighted by molar-refractivity contribution is 5.95. The summed E-state index contributed by atoms with van der Waals surface area (Å²) >= 11 is 0. The normalized spacial score (nSPS) is 24.7. The van der Waals surface area contributed by atoms with Gasteiger partial charge in [-0.05, 0) is 30.7 Å². The van der Waals surface area contributed by atoms with Gasteiger partial charge in [0.2, 0.25) is 5.91 Å². The Morgan fingerprint density at radius 1 is 1.15 bits per heavy atom. The Morgan fingerprint density at radius 3 is 2.63 bits per heavy atom. The van der Waals surface area contributed by atoms with Gasteiger partial charge in [0.15, 0.2) is 0 Å². The van der Waals surface area contributed by atoms with Crippen LogP contribution in [-0.2, 0) is 20.9 Å². The first kappa shape index (κ1) is 19.4. The summed E-state index contributed by atoms with van der Waals surface area (Å²) < 4.78 is 4.93. The highest BCUT2D eigenvalue weighted by Gasteiger charge is 2.46. The van der Waals surface area contributed by atoms with E-state index in [1.165, 1.54) is 7.11 Å². The fourth-order valence-corrected chi connectivity index (χ4v) is 4.30. The van der Waals surface area contributed by atoms with Gasteiger partial charge < -0.3 is 10.1 Å². The van der Waals surface area contributed by atoms with Crippen molar-refractivity contribution in [1.29, 1.82) is 0 Å². The van der Waals surface area contributed by atoms with Gasteiger partial charge in [-0.1, -0.05) is 43.2 Å². The van der Waals surface area contributed by atoms with E-state index in [1.54, 1.807) is 0 Å². The summed E-state index contributed by atoms with van der Waals surface area (Å²) in [4.78, 5) is 38.5. The van der Waals surface area contributed by atoms with Crippen LogP contribution >= 0.6 is 0 Å². The molecule has 0 radical (unpaired) electrons. The molecule has 1 aromatic rings. The van der Waals surface area contributed by atoms with E-state index in [1.807, 2.05) is 35.2 Å². The SMILES string of the molecule is COC(=O)C1CC2CCCCC2N1CC(=O)NC(=O)NCc1ccccc1. The molecule has 2 fully saturated rings. The van der Waals surface area contributed by atoms with E-state index >= 15 is 0 Å². The first-order valence-corrected chi connectivity index (χ1v) is 9.53. The van der Waals surface area contributed by atoms with Crippen molar-refractivity contribution >= 4 is 17.9 Å². The Kier molecular flexibility index (Phi) is 6.45. The van der Waals surface area contributed by atoms with Gasteiger partial charge in [0.25, 0.3) is 0 Å². The number of methoxy groups -OCH3 is 1. The molecule has 146 valence electrons. The minimum atomic E-state index is -0.530. The standard InChI is InChI=1S/C20H27N3O4/c1-27-19(25)17-11-15-9-5-6-10-16(15)23(17)13-18(24)22-20(26)21-12-14-7-3-2-4-8-14/h2-4,7-8,15-17H,5-6,9-13H2,1H3,(H2,21,22,24,26). The fourth-order valence-electron chi connectivity index (χ4n) is 4.30. The van der Waals surface area contributed by atoms with E-state index in [9.17, 15) is 14.4 Å². The first-order valence-electron chi connectivity index (χ1n) is 9.53. The minimum absolute atomic E-state index is 0.0275. The van der Waals surface area contributed by atoms with Gasteiger partial charge in [0.1, 0.15) is 6.04 Å². The van der Waals surface area contributed by atoms with E-state index in [4.69, 9.17) is 4.74 Å². The summed E-state index contributed by atoms with van der Waals surface area (Å²) in [6.07, 6.45) is 5.05. The first-order chi connectivity index (χ1) is 13.1. The molecule has 0 bridgehead atoms. The lowest BCUT2D eigenvalue weighted by Crippen LogP contribution is -2.50. The number of hydrogen-bond acceptors (Lipinski definition) is 5. The average molecular weight is 373 g/mol. The highest BCUT2D eigenvalue weighted by atomic mass is 16.5. The van der Waals surface area contributed by atoms with Crippen LogP contribution in [-0.4, -0.2) is 48.5 Å². The number of benzene rings is 1. The summed E-state index contributed by atoms with van der Waals surface area (Å²) in [5.41, 5.74) is 0.954. The quantitative estimate of drug-likeness (QED) is 0.769. The molecule has 0 spiro atoms. The zero-order valence-electron chi connectivity index (χ0n) is 15.6. The van der Waals surface area contributed by atoms with E-state index in [0.29, 0.717) is 12.5 Å². The topological polar surface area (TPSA) is 87.7 Å². The van der Waals surface area contributed by atoms with Crippen LogP contribution in [0.5, 0.6) is 0 Å². The number of hydrogen-bond donors (Lipinski definition) is 2. The maximum absolute atomic E-state index is 12.4. The molecule has 1 aliphatic carbocycles. The zero-order chi connectivity index (χ0) is 19.2. The number of amides is 3. The van der Waals surface area contributed by atoms with Crippen LogP contribution in [0.1, 0.15) is 37.7 Å². The van der Waals surface area contributed by atoms with Crippen molar-refractivity contribution in [2.45, 2.75) is 50.7 Å². The van der Waals surface area contributed by atoms with Crippen molar-refractivity contribution in [1.82, 2.24) is 15.5 Å². The van der Waals surface area contributed by atoms with Crippen LogP contribution < -0.4 is 10.6 Å². The van der Waals surface area contributed by atoms with Crippen LogP contribution in [0.15, 0.2) is 30.3 Å². The van der Waals surface area contributed by atoms with Crippen LogP contribution in [0, 0.1) is 5.92 Å². The molecule has 3 unspecified atom stereocenters. The molecule has 2 aliphatic rings. The zero-order valence-corrected chi connectivity index (χ0v) is 15.6. The molecular weight excluding hydrogens is 346 g/mol. The molecule has 1 saturated heterocycles. The van der Waals surface area contributed by atoms with Crippen molar-refractivity contribution in [3.05, 3.63) is 35.9 Å². The summed E-state index contributed by atoms with van der Waals surface area (Å²) in [6, 6.07) is 8.76. The molecule has 2 N–H and O–H groups in total. The van der Waals surface area contributed by atoms with E-state index in [-0.39, 0.29) is 18.6 Å². The second-order valence-electron chi connectivity index (χ2n) is 7.28. The predicted octanol–water partition coefficient (Wildman–Crippen LogP) is 1.82. The van der Waals surface area contributed by atoms with Gasteiger partial charge >= 0.3 is 12.0 Å². The third-order valence-corrected chi connectivity index (χ3v) is 5.57. The number of imide groups is 1. The number of urea groups is 1. The number of fused-ring (bicyclic) bond motifs is 1. The number of nitrogens with zero attached hydrogens (tertiary/aromatic N) is 1. The van der Waals surface area contributed by atoms with E-state index in [0.717, 1.165) is 37.7 Å². The molecule has 7 nitrogen and oxygen atoms in total. The van der Waals surface area contributed by atoms with Crippen molar-refractivity contribution in [3.63, 3.8) is 0 Å². The van der Waals surface area contributed by atoms with Gasteiger partial charge in [-0.15, -0.1) is 0 Å². The number of ether oxygens (including phenoxy) is 1. The second kappa shape index (κ2) is 8.99. The molecule has 3 rings (SSSR count). The van der Waals surface area contributed by atoms with Crippen LogP contribution in [0.2, 0.25) is 0 Å². The average Bonchev–Trinajstić information content (AvgIpc) is 3.05. The largest absolute Gasteiger partial charge is 0.468 e. The van der Waals surface area contributed by atoms with Crippen molar-refractivity contribution in [2.75, 3.05) is 13.7 Å². The van der Waals surface area contributed by atoms with Gasteiger partial charge in [0, 0.05) is 12.6 Å². The highest BCUT2D eigenvalue weighted by Crippen LogP contribution is 2.39. The Morgan fingerprint density at radius 2 is 1.89 bits per heavy atom. The maximum Gasteiger partial charge on any atom is 0.323 e. The number of carbonyl (C=O) groups excluding carboxylic acids is 3. The molecule has 1 aromatic carbocycles. The van der Waals surface area contributed by atoms with Crippen LogP contribution in [0.3, 0.4) is 0 Å². The Balaban J connectivity index is 1.54. The molecule has 1 heterocycles. The number of carbonyl (C=O) groups is 3. The van der Waals surface area contributed by atoms with Gasteiger partial charge in [-0.25, -0.2) is 4.79 Å². The predicted molar refractivity (Wildman–Crippen MR) is 99.7 cm³/mol. The molecule has 7 heteroatoms. The molecule has 1 saturated carbocycles. The smallest absolute Gasteiger partial charge is 0.323 e. The summed E-state index contributed by atoms with van der Waals surface area (Å²) in [7, 11) is 1.37. The lowest BCUT2D eigenvalue weighted by Gasteiger charge is -2.32. The number of likely N-dealkylation sites (tertiary alicyclic amines) is 1. The summed E-state index contributed by atoms with van der Waals surface area (Å²) in [5.74, 6) is -0.283. The molecular formula is C20H27N3O4. The summed E-state index contributed by atoms with van der Waals surface area (Å²) in [5, 5.41) is 5.04. The van der Waals surface area contributed by atoms with E-state index < -0.39 is 18.0 Å². The monoisotopic (exact) mass is 373 g/mol. The second-order valence-corrected chi connectivity index (χ2v) is 7.28. The maximum atomic E-state index is 12.4. The lowest BCUT2D eigenvalue weighted by atomic mass is 9.85. The third kappa shape index (κ3) is 4.86. The molecule has 0 aromatic heterocycles. The molecule has 1 aliphatic heterocycles.